The van der Waals surface area contributed by atoms with Gasteiger partial charge in [-0.25, -0.2) is 0 Å². The Hall–Kier alpha value is -0.490. The van der Waals surface area contributed by atoms with Crippen LogP contribution < -0.4 is 0 Å². The number of aliphatic hydroxyl groups is 2. The minimum Gasteiger partial charge on any atom is -0.400 e. The van der Waals surface area contributed by atoms with E-state index in [1.807, 2.05) is 13.8 Å². The molecule has 1 aliphatic heterocycles. The van der Waals surface area contributed by atoms with Crippen LogP contribution >= 0.6 is 0 Å². The van der Waals surface area contributed by atoms with Gasteiger partial charge in [0.15, 0.2) is 0 Å². The van der Waals surface area contributed by atoms with Gasteiger partial charge in [0.1, 0.15) is 5.78 Å². The van der Waals surface area contributed by atoms with E-state index in [-0.39, 0.29) is 11.0 Å². The summed E-state index contributed by atoms with van der Waals surface area (Å²) < 4.78 is 0. The first-order chi connectivity index (χ1) is 14.4. The highest BCUT2D eigenvalue weighted by Gasteiger charge is 2.48. The van der Waals surface area contributed by atoms with Crippen molar-refractivity contribution in [3.8, 4) is 0 Å². The zero-order chi connectivity index (χ0) is 25.3. The van der Waals surface area contributed by atoms with Crippen molar-refractivity contribution in [2.45, 2.75) is 101 Å². The van der Waals surface area contributed by atoms with Crippen LogP contribution in [0.2, 0.25) is 0 Å². The van der Waals surface area contributed by atoms with Gasteiger partial charge >= 0.3 is 0 Å². The van der Waals surface area contributed by atoms with E-state index in [4.69, 9.17) is 10.2 Å². The molecule has 0 bridgehead atoms. The third-order valence-corrected chi connectivity index (χ3v) is 6.62. The van der Waals surface area contributed by atoms with Gasteiger partial charge in [-0.1, -0.05) is 62.3 Å². The molecule has 0 saturated carbocycles. The zero-order valence-electron chi connectivity index (χ0n) is 23.2. The summed E-state index contributed by atoms with van der Waals surface area (Å²) in [6.45, 7) is 29.1. The Morgan fingerprint density at radius 3 is 1.58 bits per heavy atom. The van der Waals surface area contributed by atoms with Crippen LogP contribution in [-0.4, -0.2) is 77.8 Å². The number of piperazine rings is 1. The van der Waals surface area contributed by atoms with Crippen molar-refractivity contribution in [2.24, 2.45) is 17.3 Å². The highest BCUT2D eigenvalue weighted by atomic mass is 16.3. The number of ketones is 1. The van der Waals surface area contributed by atoms with Crippen LogP contribution in [0.5, 0.6) is 0 Å². The lowest BCUT2D eigenvalue weighted by molar-refractivity contribution is -0.139. The summed E-state index contributed by atoms with van der Waals surface area (Å²) in [5.41, 5.74) is -0.329. The summed E-state index contributed by atoms with van der Waals surface area (Å²) in [6.07, 6.45) is 3.22. The van der Waals surface area contributed by atoms with E-state index < -0.39 is 0 Å². The molecule has 0 aromatic rings. The monoisotopic (exact) mass is 446 g/mol. The molecule has 31 heavy (non-hydrogen) atoms. The van der Waals surface area contributed by atoms with E-state index in [0.29, 0.717) is 18.3 Å². The van der Waals surface area contributed by atoms with Gasteiger partial charge in [0, 0.05) is 39.9 Å². The van der Waals surface area contributed by atoms with Crippen LogP contribution in [0.3, 0.4) is 0 Å². The molecule has 1 unspecified atom stereocenters. The molecular weight excluding hydrogens is 388 g/mol. The Labute approximate surface area is 195 Å². The highest BCUT2D eigenvalue weighted by Crippen LogP contribution is 2.40. The second-order valence-corrected chi connectivity index (χ2v) is 9.78. The maximum absolute atomic E-state index is 12.4. The van der Waals surface area contributed by atoms with E-state index in [1.54, 1.807) is 6.92 Å². The summed E-state index contributed by atoms with van der Waals surface area (Å²) in [5.74, 6) is 1.73. The molecule has 1 heterocycles. The molecule has 1 rings (SSSR count). The van der Waals surface area contributed by atoms with Crippen molar-refractivity contribution in [2.75, 3.05) is 46.4 Å². The predicted molar refractivity (Wildman–Crippen MR) is 137 cm³/mol. The third kappa shape index (κ3) is 13.0. The first kappa shape index (κ1) is 35.1. The fraction of sp³-hybridized carbons (Fsp3) is 0.962. The van der Waals surface area contributed by atoms with E-state index in [2.05, 4.69) is 65.2 Å². The van der Waals surface area contributed by atoms with Gasteiger partial charge in [0.2, 0.25) is 0 Å². The minimum atomic E-state index is -0.341. The largest absolute Gasteiger partial charge is 0.400 e. The molecule has 0 spiro atoms. The molecule has 0 aromatic heterocycles. The quantitative estimate of drug-likeness (QED) is 0.516. The molecule has 0 radical (unpaired) electrons. The Bertz CT molecular complexity index is 417. The van der Waals surface area contributed by atoms with Crippen molar-refractivity contribution in [3.05, 3.63) is 0 Å². The molecule has 0 amide bonds. The Morgan fingerprint density at radius 2 is 1.32 bits per heavy atom. The van der Waals surface area contributed by atoms with Crippen LogP contribution in [0.1, 0.15) is 95.4 Å². The van der Waals surface area contributed by atoms with Gasteiger partial charge in [-0.2, -0.15) is 0 Å². The van der Waals surface area contributed by atoms with Gasteiger partial charge in [-0.15, -0.1) is 0 Å². The summed E-state index contributed by atoms with van der Waals surface area (Å²) >= 11 is 0. The van der Waals surface area contributed by atoms with E-state index in [1.165, 1.54) is 13.0 Å². The summed E-state index contributed by atoms with van der Waals surface area (Å²) in [6, 6.07) is 0. The van der Waals surface area contributed by atoms with E-state index >= 15 is 0 Å². The molecule has 190 valence electrons. The van der Waals surface area contributed by atoms with Crippen LogP contribution in [0.25, 0.3) is 0 Å². The molecule has 0 aromatic carbocycles. The first-order valence-electron chi connectivity index (χ1n) is 12.5. The summed E-state index contributed by atoms with van der Waals surface area (Å²) in [4.78, 5) is 17.4. The smallest absolute Gasteiger partial charge is 0.150 e. The average Bonchev–Trinajstić information content (AvgIpc) is 2.75. The maximum Gasteiger partial charge on any atom is 0.150 e. The second-order valence-electron chi connectivity index (χ2n) is 9.78. The van der Waals surface area contributed by atoms with Crippen molar-refractivity contribution < 1.29 is 15.0 Å². The van der Waals surface area contributed by atoms with E-state index in [9.17, 15) is 4.79 Å². The standard InChI is InChI=1S/C18H36N2O.C5H12O.C2H6.CH4O/c1-8-17(5,6)18(7,16(4)21)20-13-11-19(12-14-20)10-9-15(2)3;1-5(2)3-4-6;2*1-2/h15H,8-14H2,1-7H3;5-6H,3-4H2,1-2H3;1-2H3;2H,1H3. The summed E-state index contributed by atoms with van der Waals surface area (Å²) in [7, 11) is 1.00. The van der Waals surface area contributed by atoms with Crippen LogP contribution in [0, 0.1) is 17.3 Å². The van der Waals surface area contributed by atoms with Crippen LogP contribution in [0.4, 0.5) is 0 Å². The normalized spacial score (nSPS) is 16.9. The first-order valence-corrected chi connectivity index (χ1v) is 12.5. The van der Waals surface area contributed by atoms with Gasteiger partial charge in [0.25, 0.3) is 0 Å². The minimum absolute atomic E-state index is 0.0128. The number of hydrogen-bond acceptors (Lipinski definition) is 5. The number of Topliss-reactive ketones (excluding diaryl/α,β-unsaturated/α-hetero) is 1. The molecule has 5 nitrogen and oxygen atoms in total. The van der Waals surface area contributed by atoms with Gasteiger partial charge in [0.05, 0.1) is 5.54 Å². The van der Waals surface area contributed by atoms with Crippen LogP contribution in [0.15, 0.2) is 0 Å². The molecule has 1 fully saturated rings. The third-order valence-electron chi connectivity index (χ3n) is 6.62. The van der Waals surface area contributed by atoms with E-state index in [0.717, 1.165) is 52.0 Å². The maximum atomic E-state index is 12.4. The number of carbonyl (C=O) groups excluding carboxylic acids is 1. The summed E-state index contributed by atoms with van der Waals surface area (Å²) in [5, 5.41) is 15.2. The average molecular weight is 447 g/mol. The molecule has 2 N–H and O–H groups in total. The molecule has 1 saturated heterocycles. The van der Waals surface area contributed by atoms with Crippen molar-refractivity contribution in [1.82, 2.24) is 9.80 Å². The fourth-order valence-corrected chi connectivity index (χ4v) is 3.59. The highest BCUT2D eigenvalue weighted by molar-refractivity contribution is 5.86. The topological polar surface area (TPSA) is 64.0 Å². The zero-order valence-corrected chi connectivity index (χ0v) is 23.2. The molecule has 0 aliphatic carbocycles. The van der Waals surface area contributed by atoms with Crippen molar-refractivity contribution in [1.29, 1.82) is 0 Å². The fourth-order valence-electron chi connectivity index (χ4n) is 3.59. The SMILES string of the molecule is CC.CC(C)CCO.CCC(C)(C)C(C)(C(C)=O)N1CCN(CCC(C)C)CC1.CO. The van der Waals surface area contributed by atoms with Gasteiger partial charge in [-0.05, 0) is 56.9 Å². The number of nitrogens with zero attached hydrogens (tertiary/aromatic N) is 2. The molecule has 5 heteroatoms. The molecule has 1 aliphatic rings. The molecule has 1 atom stereocenters. The Morgan fingerprint density at radius 1 is 0.903 bits per heavy atom. The number of aliphatic hydroxyl groups excluding tert-OH is 2. The predicted octanol–water partition coefficient (Wildman–Crippen LogP) is 5.09. The second kappa shape index (κ2) is 19.0. The van der Waals surface area contributed by atoms with Gasteiger partial charge < -0.3 is 15.1 Å². The lowest BCUT2D eigenvalue weighted by Crippen LogP contribution is -2.64. The van der Waals surface area contributed by atoms with Crippen LogP contribution in [-0.2, 0) is 4.79 Å². The number of rotatable bonds is 9. The van der Waals surface area contributed by atoms with Crippen molar-refractivity contribution >= 4 is 5.78 Å². The number of carbonyl (C=O) groups is 1. The lowest BCUT2D eigenvalue weighted by Gasteiger charge is -2.52. The van der Waals surface area contributed by atoms with Gasteiger partial charge in [-0.3, -0.25) is 9.69 Å². The van der Waals surface area contributed by atoms with Crippen molar-refractivity contribution in [3.63, 3.8) is 0 Å². The number of hydrogen-bond donors (Lipinski definition) is 2. The Kier molecular flexibility index (Phi) is 21.5. The Balaban J connectivity index is -0.000000663. The lowest BCUT2D eigenvalue weighted by atomic mass is 9.68. The molecular formula is C26H58N2O3.